The molecule has 28 heavy (non-hydrogen) atoms. The molecule has 2 rings (SSSR count). The summed E-state index contributed by atoms with van der Waals surface area (Å²) in [6, 6.07) is 6.52. The minimum absolute atomic E-state index is 0.103. The summed E-state index contributed by atoms with van der Waals surface area (Å²) in [6.45, 7) is 1.36. The van der Waals surface area contributed by atoms with E-state index < -0.39 is 27.0 Å². The topological polar surface area (TPSA) is 139 Å². The molecule has 0 aliphatic carbocycles. The predicted molar refractivity (Wildman–Crippen MR) is 105 cm³/mol. The highest BCUT2D eigenvalue weighted by Gasteiger charge is 2.21. The van der Waals surface area contributed by atoms with Crippen molar-refractivity contribution >= 4 is 46.3 Å². The second kappa shape index (κ2) is 9.72. The number of nitro benzene ring substituents is 2. The second-order valence-corrected chi connectivity index (χ2v) is 6.41. The Hall–Kier alpha value is -3.11. The van der Waals surface area contributed by atoms with Crippen LogP contribution in [0.5, 0.6) is 5.75 Å². The molecule has 150 valence electrons. The Bertz CT molecular complexity index is 920. The van der Waals surface area contributed by atoms with E-state index in [1.54, 1.807) is 32.3 Å². The summed E-state index contributed by atoms with van der Waals surface area (Å²) in [5.41, 5.74) is -0.340. The molecule has 2 amide bonds. The quantitative estimate of drug-likeness (QED) is 0.538. The predicted octanol–water partition coefficient (Wildman–Crippen LogP) is 4.60. The van der Waals surface area contributed by atoms with E-state index in [-0.39, 0.29) is 11.6 Å². The van der Waals surface area contributed by atoms with Crippen molar-refractivity contribution in [3.8, 4) is 5.75 Å². The normalized spacial score (nSPS) is 9.75. The van der Waals surface area contributed by atoms with Crippen molar-refractivity contribution in [2.75, 3.05) is 19.4 Å². The van der Waals surface area contributed by atoms with E-state index in [0.717, 1.165) is 12.1 Å². The standard InChI is InChI=1S/C9H10Cl2N2O.C7H6N2O5/c1-13(2)9(14)12-6-3-4-7(10)8(11)5-6;1-4-2-5(8(11)12)3-6(7(4)10)9(13)14/h3-5H,1-2H3,(H,12,14);2-3,10H,1H3. The molecule has 0 atom stereocenters. The van der Waals surface area contributed by atoms with Crippen LogP contribution < -0.4 is 5.32 Å². The number of nitrogens with one attached hydrogen (secondary N) is 1. The zero-order valence-electron chi connectivity index (χ0n) is 15.0. The zero-order chi connectivity index (χ0) is 21.6. The molecule has 0 radical (unpaired) electrons. The van der Waals surface area contributed by atoms with Crippen LogP contribution in [-0.4, -0.2) is 40.0 Å². The third-order valence-corrected chi connectivity index (χ3v) is 3.99. The number of urea groups is 1. The number of hydrogen-bond acceptors (Lipinski definition) is 6. The number of nitro groups is 2. The first-order chi connectivity index (χ1) is 12.9. The van der Waals surface area contributed by atoms with Gasteiger partial charge in [-0.15, -0.1) is 0 Å². The Kier molecular flexibility index (Phi) is 7.96. The average molecular weight is 431 g/mol. The van der Waals surface area contributed by atoms with Crippen LogP contribution in [0.1, 0.15) is 5.56 Å². The molecule has 0 saturated heterocycles. The SMILES string of the molecule is CN(C)C(=O)Nc1ccc(Cl)c(Cl)c1.Cc1cc([N+](=O)[O-])cc([N+](=O)[O-])c1O. The first-order valence-corrected chi connectivity index (χ1v) is 8.25. The number of nitrogens with zero attached hydrogens (tertiary/aromatic N) is 3. The Morgan fingerprint density at radius 3 is 2.14 bits per heavy atom. The third-order valence-electron chi connectivity index (χ3n) is 3.25. The van der Waals surface area contributed by atoms with E-state index in [1.807, 2.05) is 0 Å². The highest BCUT2D eigenvalue weighted by Crippen LogP contribution is 2.33. The fourth-order valence-corrected chi connectivity index (χ4v) is 2.09. The van der Waals surface area contributed by atoms with Crippen molar-refractivity contribution in [1.29, 1.82) is 0 Å². The molecule has 0 aliphatic rings. The van der Waals surface area contributed by atoms with Gasteiger partial charge in [-0.1, -0.05) is 23.2 Å². The molecule has 2 aromatic rings. The molecule has 0 fully saturated rings. The lowest BCUT2D eigenvalue weighted by atomic mass is 10.1. The Labute approximate surface area is 169 Å². The van der Waals surface area contributed by atoms with Crippen LogP contribution >= 0.6 is 23.2 Å². The van der Waals surface area contributed by atoms with E-state index in [2.05, 4.69) is 5.32 Å². The fraction of sp³-hybridized carbons (Fsp3) is 0.188. The van der Waals surface area contributed by atoms with Gasteiger partial charge in [-0.25, -0.2) is 4.79 Å². The molecule has 0 spiro atoms. The molecule has 12 heteroatoms. The number of non-ortho nitro benzene ring substituents is 1. The maximum Gasteiger partial charge on any atom is 0.321 e. The first kappa shape index (κ1) is 22.9. The third kappa shape index (κ3) is 6.25. The monoisotopic (exact) mass is 430 g/mol. The molecule has 0 unspecified atom stereocenters. The van der Waals surface area contributed by atoms with Crippen molar-refractivity contribution in [3.05, 3.63) is 66.2 Å². The molecule has 0 aromatic heterocycles. The summed E-state index contributed by atoms with van der Waals surface area (Å²) in [7, 11) is 3.32. The van der Waals surface area contributed by atoms with E-state index in [0.29, 0.717) is 15.7 Å². The highest BCUT2D eigenvalue weighted by molar-refractivity contribution is 6.42. The van der Waals surface area contributed by atoms with E-state index in [1.165, 1.54) is 11.8 Å². The smallest absolute Gasteiger partial charge is 0.321 e. The number of amides is 2. The van der Waals surface area contributed by atoms with Gasteiger partial charge in [0.1, 0.15) is 0 Å². The first-order valence-electron chi connectivity index (χ1n) is 7.49. The molecule has 2 aromatic carbocycles. The number of hydrogen-bond donors (Lipinski definition) is 2. The van der Waals surface area contributed by atoms with Gasteiger partial charge in [-0.05, 0) is 25.1 Å². The van der Waals surface area contributed by atoms with E-state index in [9.17, 15) is 30.1 Å². The van der Waals surface area contributed by atoms with Gasteiger partial charge in [0, 0.05) is 31.4 Å². The lowest BCUT2D eigenvalue weighted by Crippen LogP contribution is -2.27. The van der Waals surface area contributed by atoms with Crippen molar-refractivity contribution in [1.82, 2.24) is 4.90 Å². The van der Waals surface area contributed by atoms with Gasteiger partial charge >= 0.3 is 11.7 Å². The van der Waals surface area contributed by atoms with Crippen LogP contribution in [0.15, 0.2) is 30.3 Å². The summed E-state index contributed by atoms with van der Waals surface area (Å²) >= 11 is 11.5. The molecular weight excluding hydrogens is 415 g/mol. The van der Waals surface area contributed by atoms with Gasteiger partial charge in [-0.2, -0.15) is 0 Å². The summed E-state index contributed by atoms with van der Waals surface area (Å²) < 4.78 is 0. The maximum atomic E-state index is 11.2. The van der Waals surface area contributed by atoms with Gasteiger partial charge in [0.2, 0.25) is 0 Å². The number of aromatic hydroxyl groups is 1. The molecule has 0 saturated carbocycles. The second-order valence-electron chi connectivity index (χ2n) is 5.60. The number of halogens is 2. The number of anilines is 1. The Morgan fingerprint density at radius 1 is 1.07 bits per heavy atom. The molecule has 0 bridgehead atoms. The number of carbonyl (C=O) groups excluding carboxylic acids is 1. The number of phenols is 1. The minimum Gasteiger partial charge on any atom is -0.502 e. The number of phenolic OH excluding ortho intramolecular Hbond substituents is 1. The van der Waals surface area contributed by atoms with Crippen LogP contribution in [0.4, 0.5) is 21.9 Å². The van der Waals surface area contributed by atoms with Crippen LogP contribution in [-0.2, 0) is 0 Å². The van der Waals surface area contributed by atoms with E-state index >= 15 is 0 Å². The molecule has 0 aliphatic heterocycles. The van der Waals surface area contributed by atoms with Crippen molar-refractivity contribution in [2.45, 2.75) is 6.92 Å². The van der Waals surface area contributed by atoms with Gasteiger partial charge < -0.3 is 15.3 Å². The lowest BCUT2D eigenvalue weighted by Gasteiger charge is -2.12. The highest BCUT2D eigenvalue weighted by atomic mass is 35.5. The van der Waals surface area contributed by atoms with Crippen molar-refractivity contribution in [2.24, 2.45) is 0 Å². The van der Waals surface area contributed by atoms with Crippen molar-refractivity contribution in [3.63, 3.8) is 0 Å². The van der Waals surface area contributed by atoms with Crippen LogP contribution in [0.3, 0.4) is 0 Å². The molecule has 10 nitrogen and oxygen atoms in total. The average Bonchev–Trinajstić information content (AvgIpc) is 2.60. The summed E-state index contributed by atoms with van der Waals surface area (Å²) in [4.78, 5) is 31.8. The van der Waals surface area contributed by atoms with Gasteiger partial charge in [0.25, 0.3) is 5.69 Å². The van der Waals surface area contributed by atoms with Gasteiger partial charge in [0.05, 0.1) is 26.0 Å². The molecular formula is C16H16Cl2N4O6. The molecule has 2 N–H and O–H groups in total. The largest absolute Gasteiger partial charge is 0.502 e. The van der Waals surface area contributed by atoms with Crippen LogP contribution in [0, 0.1) is 27.2 Å². The number of rotatable bonds is 3. The lowest BCUT2D eigenvalue weighted by molar-refractivity contribution is -0.394. The summed E-state index contributed by atoms with van der Waals surface area (Å²) in [6.07, 6.45) is 0. The van der Waals surface area contributed by atoms with Crippen molar-refractivity contribution < 1.29 is 19.7 Å². The van der Waals surface area contributed by atoms with E-state index in [4.69, 9.17) is 23.2 Å². The van der Waals surface area contributed by atoms with Crippen LogP contribution in [0.25, 0.3) is 0 Å². The van der Waals surface area contributed by atoms with Gasteiger partial charge in [-0.3, -0.25) is 20.2 Å². The molecule has 0 heterocycles. The minimum atomic E-state index is -0.866. The number of benzene rings is 2. The maximum absolute atomic E-state index is 11.2. The van der Waals surface area contributed by atoms with Gasteiger partial charge in [0.15, 0.2) is 5.75 Å². The number of carbonyl (C=O) groups is 1. The van der Waals surface area contributed by atoms with Crippen LogP contribution in [0.2, 0.25) is 10.0 Å². The zero-order valence-corrected chi connectivity index (χ0v) is 16.5. The summed E-state index contributed by atoms with van der Waals surface area (Å²) in [5, 5.41) is 33.5. The Morgan fingerprint density at radius 2 is 1.68 bits per heavy atom. The summed E-state index contributed by atoms with van der Waals surface area (Å²) in [5.74, 6) is -0.541. The fourth-order valence-electron chi connectivity index (χ4n) is 1.80. The number of aryl methyl sites for hydroxylation is 1. The Balaban J connectivity index is 0.000000280.